The van der Waals surface area contributed by atoms with Gasteiger partial charge in [0, 0.05) is 18.2 Å². The molecule has 6 heteroatoms. The first kappa shape index (κ1) is 21.8. The number of hydrogen-bond acceptors (Lipinski definition) is 5. The zero-order valence-electron chi connectivity index (χ0n) is 19.4. The van der Waals surface area contributed by atoms with Crippen LogP contribution in [-0.4, -0.2) is 28.4 Å². The van der Waals surface area contributed by atoms with Crippen LogP contribution in [-0.2, 0) is 15.1 Å². The lowest BCUT2D eigenvalue weighted by Crippen LogP contribution is -2.39. The van der Waals surface area contributed by atoms with Crippen molar-refractivity contribution in [3.8, 4) is 6.01 Å². The highest BCUT2D eigenvalue weighted by Crippen LogP contribution is 2.43. The second-order valence-corrected chi connectivity index (χ2v) is 9.03. The van der Waals surface area contributed by atoms with Gasteiger partial charge in [0.05, 0.1) is 6.61 Å². The minimum Gasteiger partial charge on any atom is -0.458 e. The molecule has 3 heterocycles. The summed E-state index contributed by atoms with van der Waals surface area (Å²) in [7, 11) is 0. The fourth-order valence-electron chi connectivity index (χ4n) is 5.10. The van der Waals surface area contributed by atoms with E-state index in [0.717, 1.165) is 16.7 Å². The van der Waals surface area contributed by atoms with Gasteiger partial charge in [-0.05, 0) is 23.6 Å². The van der Waals surface area contributed by atoms with Crippen LogP contribution in [0.1, 0.15) is 34.9 Å². The van der Waals surface area contributed by atoms with Gasteiger partial charge in [0.1, 0.15) is 24.0 Å². The zero-order chi connectivity index (χ0) is 23.8. The molecule has 1 aromatic heterocycles. The molecule has 0 radical (unpaired) electrons. The lowest BCUT2D eigenvalue weighted by molar-refractivity contribution is -0.0816. The summed E-state index contributed by atoms with van der Waals surface area (Å²) < 4.78 is 21.2. The summed E-state index contributed by atoms with van der Waals surface area (Å²) >= 11 is 0. The van der Waals surface area contributed by atoms with Gasteiger partial charge in [-0.25, -0.2) is 0 Å². The van der Waals surface area contributed by atoms with Crippen molar-refractivity contribution in [3.05, 3.63) is 130 Å². The van der Waals surface area contributed by atoms with Gasteiger partial charge in [-0.1, -0.05) is 91.0 Å². The van der Waals surface area contributed by atoms with Gasteiger partial charge in [-0.15, -0.1) is 0 Å². The van der Waals surface area contributed by atoms with Crippen molar-refractivity contribution in [1.29, 1.82) is 0 Å². The molecule has 0 N–H and O–H groups in total. The Kier molecular flexibility index (Phi) is 5.47. The summed E-state index contributed by atoms with van der Waals surface area (Å²) in [6.45, 7) is 2.05. The van der Waals surface area contributed by atoms with E-state index in [0.29, 0.717) is 24.6 Å². The second-order valence-electron chi connectivity index (χ2n) is 9.03. The van der Waals surface area contributed by atoms with Crippen LogP contribution in [0, 0.1) is 6.92 Å². The van der Waals surface area contributed by atoms with E-state index in [4.69, 9.17) is 14.2 Å². The number of fused-ring (bicyclic) bond motifs is 4. The van der Waals surface area contributed by atoms with E-state index in [2.05, 4.69) is 41.4 Å². The maximum absolute atomic E-state index is 12.1. The van der Waals surface area contributed by atoms with Crippen LogP contribution < -0.4 is 10.3 Å². The molecule has 6 nitrogen and oxygen atoms in total. The van der Waals surface area contributed by atoms with Gasteiger partial charge >= 0.3 is 6.01 Å². The number of aromatic nitrogens is 2. The summed E-state index contributed by atoms with van der Waals surface area (Å²) in [6, 6.07) is 31.1. The third-order valence-electron chi connectivity index (χ3n) is 6.84. The molecule has 0 amide bonds. The Hall–Kier alpha value is -3.74. The van der Waals surface area contributed by atoms with Crippen LogP contribution in [0.25, 0.3) is 0 Å². The van der Waals surface area contributed by atoms with Crippen molar-refractivity contribution in [2.45, 2.75) is 37.4 Å². The highest BCUT2D eigenvalue weighted by molar-refractivity contribution is 5.47. The van der Waals surface area contributed by atoms with Crippen LogP contribution in [0.4, 0.5) is 0 Å². The molecular formula is C29H26N2O4. The Morgan fingerprint density at radius 3 is 2.00 bits per heavy atom. The average Bonchev–Trinajstić information content (AvgIpc) is 3.24. The molecule has 2 aliphatic rings. The van der Waals surface area contributed by atoms with Crippen LogP contribution in [0.2, 0.25) is 0 Å². The number of rotatable bonds is 6. The molecule has 1 fully saturated rings. The van der Waals surface area contributed by atoms with Crippen molar-refractivity contribution in [1.82, 2.24) is 9.55 Å². The molecule has 6 rings (SSSR count). The monoisotopic (exact) mass is 466 g/mol. The van der Waals surface area contributed by atoms with E-state index in [1.807, 2.05) is 59.2 Å². The minimum atomic E-state index is -0.832. The highest BCUT2D eigenvalue weighted by Gasteiger charge is 2.46. The maximum atomic E-state index is 12.1. The number of nitrogens with zero attached hydrogens (tertiary/aromatic N) is 2. The quantitative estimate of drug-likeness (QED) is 0.389. The number of aryl methyl sites for hydroxylation is 1. The van der Waals surface area contributed by atoms with E-state index >= 15 is 0 Å². The lowest BCUT2D eigenvalue weighted by atomic mass is 9.80. The Morgan fingerprint density at radius 2 is 1.46 bits per heavy atom. The van der Waals surface area contributed by atoms with Crippen LogP contribution in [0.5, 0.6) is 6.01 Å². The molecular weight excluding hydrogens is 440 g/mol. The number of hydrogen-bond donors (Lipinski definition) is 0. The Morgan fingerprint density at radius 1 is 0.914 bits per heavy atom. The zero-order valence-corrected chi connectivity index (χ0v) is 19.4. The first-order chi connectivity index (χ1) is 17.1. The fraction of sp³-hybridized carbons (Fsp3) is 0.241. The predicted octanol–water partition coefficient (Wildman–Crippen LogP) is 4.61. The maximum Gasteiger partial charge on any atom is 0.302 e. The Balaban J connectivity index is 1.37. The summed E-state index contributed by atoms with van der Waals surface area (Å²) in [5.41, 5.74) is 2.55. The van der Waals surface area contributed by atoms with E-state index in [9.17, 15) is 4.79 Å². The molecule has 0 saturated carbocycles. The topological polar surface area (TPSA) is 62.6 Å². The molecule has 3 aromatic carbocycles. The molecule has 0 aliphatic carbocycles. The molecule has 2 aliphatic heterocycles. The lowest BCUT2D eigenvalue weighted by Gasteiger charge is -2.37. The number of ether oxygens (including phenoxy) is 3. The van der Waals surface area contributed by atoms with Gasteiger partial charge in [0.2, 0.25) is 0 Å². The Bertz CT molecular complexity index is 1280. The summed E-state index contributed by atoms with van der Waals surface area (Å²) in [5, 5.41) is 0. The van der Waals surface area contributed by atoms with E-state index in [1.54, 1.807) is 13.1 Å². The van der Waals surface area contributed by atoms with E-state index < -0.39 is 5.60 Å². The molecule has 3 atom stereocenters. The van der Waals surface area contributed by atoms with Crippen LogP contribution >= 0.6 is 0 Å². The molecule has 35 heavy (non-hydrogen) atoms. The predicted molar refractivity (Wildman–Crippen MR) is 131 cm³/mol. The van der Waals surface area contributed by atoms with Gasteiger partial charge in [0.15, 0.2) is 0 Å². The van der Waals surface area contributed by atoms with E-state index in [-0.39, 0.29) is 24.0 Å². The molecule has 3 unspecified atom stereocenters. The molecule has 176 valence electrons. The first-order valence-electron chi connectivity index (χ1n) is 11.9. The van der Waals surface area contributed by atoms with Gasteiger partial charge < -0.3 is 14.2 Å². The highest BCUT2D eigenvalue weighted by atomic mass is 16.6. The molecule has 2 bridgehead atoms. The standard InChI is InChI=1S/C29H26N2O4/c1-20-18-31-26-17-24(35-28(31)30-27(20)32)25(34-26)19-33-29(21-11-5-2-6-12-21,22-13-7-3-8-14-22)23-15-9-4-10-16-23/h2-16,18,24-26H,17,19H2,1H3. The SMILES string of the molecule is Cc1cn2c(nc1=O)OC1CC2OC1COC(c1ccccc1)(c1ccccc1)c1ccccc1. The normalized spacial score (nSPS) is 20.8. The smallest absolute Gasteiger partial charge is 0.302 e. The van der Waals surface area contributed by atoms with Gasteiger partial charge in [-0.2, -0.15) is 4.98 Å². The van der Waals surface area contributed by atoms with Crippen molar-refractivity contribution in [3.63, 3.8) is 0 Å². The summed E-state index contributed by atoms with van der Waals surface area (Å²) in [5.74, 6) is 0. The van der Waals surface area contributed by atoms with Crippen molar-refractivity contribution in [2.75, 3.05) is 6.61 Å². The van der Waals surface area contributed by atoms with Crippen LogP contribution in [0.3, 0.4) is 0 Å². The summed E-state index contributed by atoms with van der Waals surface area (Å²) in [6.07, 6.45) is 1.66. The third kappa shape index (κ3) is 3.75. The largest absolute Gasteiger partial charge is 0.458 e. The molecule has 1 saturated heterocycles. The van der Waals surface area contributed by atoms with Crippen molar-refractivity contribution < 1.29 is 14.2 Å². The van der Waals surface area contributed by atoms with Crippen molar-refractivity contribution in [2.24, 2.45) is 0 Å². The van der Waals surface area contributed by atoms with Gasteiger partial charge in [-0.3, -0.25) is 9.36 Å². The number of benzene rings is 3. The first-order valence-corrected chi connectivity index (χ1v) is 11.9. The minimum absolute atomic E-state index is 0.233. The fourth-order valence-corrected chi connectivity index (χ4v) is 5.10. The van der Waals surface area contributed by atoms with Crippen molar-refractivity contribution >= 4 is 0 Å². The second kappa shape index (κ2) is 8.80. The Labute approximate surface area is 203 Å². The molecule has 4 aromatic rings. The third-order valence-corrected chi connectivity index (χ3v) is 6.84. The average molecular weight is 467 g/mol. The van der Waals surface area contributed by atoms with Crippen LogP contribution in [0.15, 0.2) is 102 Å². The summed E-state index contributed by atoms with van der Waals surface area (Å²) in [4.78, 5) is 16.2. The van der Waals surface area contributed by atoms with Gasteiger partial charge in [0.25, 0.3) is 5.56 Å². The molecule has 0 spiro atoms. The van der Waals surface area contributed by atoms with E-state index in [1.165, 1.54) is 0 Å².